The maximum atomic E-state index is 13.2. The molecule has 9 rings (SSSR count). The number of rotatable bonds is 36. The largest absolute Gasteiger partial charge is 0.507 e. The Balaban J connectivity index is 0.000000318. The van der Waals surface area contributed by atoms with Gasteiger partial charge in [0.15, 0.2) is 11.6 Å². The average Bonchev–Trinajstić information content (AvgIpc) is 1.62. The minimum Gasteiger partial charge on any atom is -0.507 e. The van der Waals surface area contributed by atoms with Gasteiger partial charge in [0.05, 0.1) is 49.4 Å². The van der Waals surface area contributed by atoms with Crippen LogP contribution in [0.3, 0.4) is 0 Å². The van der Waals surface area contributed by atoms with E-state index < -0.39 is 89.0 Å². The van der Waals surface area contributed by atoms with Crippen molar-refractivity contribution in [1.29, 1.82) is 0 Å². The Bertz CT molecular complexity index is 3560. The number of piperidine rings is 3. The predicted molar refractivity (Wildman–Crippen MR) is 390 cm³/mol. The van der Waals surface area contributed by atoms with Crippen LogP contribution in [0, 0.1) is 0 Å². The maximum absolute atomic E-state index is 13.2. The summed E-state index contributed by atoms with van der Waals surface area (Å²) >= 11 is 11.7. The normalized spacial score (nSPS) is 17.0. The molecule has 37 heteroatoms. The second-order valence-corrected chi connectivity index (χ2v) is 26.3. The molecule has 3 unspecified atom stereocenters. The smallest absolute Gasteiger partial charge is 0.266 e. The van der Waals surface area contributed by atoms with E-state index in [0.717, 1.165) is 53.6 Å². The van der Waals surface area contributed by atoms with E-state index in [0.29, 0.717) is 94.3 Å². The number of hydrogen-bond acceptors (Lipinski definition) is 25. The first-order valence-corrected chi connectivity index (χ1v) is 38.1. The van der Waals surface area contributed by atoms with Gasteiger partial charge in [-0.1, -0.05) is 66.0 Å². The van der Waals surface area contributed by atoms with Crippen LogP contribution in [0.5, 0.6) is 17.2 Å². The third kappa shape index (κ3) is 26.8. The van der Waals surface area contributed by atoms with Crippen LogP contribution in [0.25, 0.3) is 0 Å². The molecule has 0 spiro atoms. The SMILES string of the molecule is NCCCOCCCN.O=C(Br)CBr.O=C(CBr)NCCCOCCCNC(=O)CBr.O=C(CCCCOCCCCC(=O)COc1cccc2c1C(=O)N(C1CCC(=O)NC1=O)C2=O)COc1cccc2c1C(=O)N(C1CCC(=O)NC1=O)C2=O.O=C1CCC(N2C(=O)c3cccc(O)c3C2=O)C(=O)N1. The van der Waals surface area contributed by atoms with E-state index in [1.54, 1.807) is 0 Å². The van der Waals surface area contributed by atoms with Crippen LogP contribution in [-0.2, 0) is 67.0 Å². The number of hydrogen-bond donors (Lipinski definition) is 8. The van der Waals surface area contributed by atoms with Gasteiger partial charge in [0.2, 0.25) is 51.9 Å². The number of imide groups is 6. The summed E-state index contributed by atoms with van der Waals surface area (Å²) in [5, 5.41) is 22.6. The van der Waals surface area contributed by atoms with Gasteiger partial charge < -0.3 is 50.9 Å². The molecular formula is C69H84Br4N10O23. The molecule has 0 radical (unpaired) electrons. The van der Waals surface area contributed by atoms with E-state index in [1.807, 2.05) is 0 Å². The van der Waals surface area contributed by atoms with Crippen LogP contribution < -0.4 is 47.5 Å². The van der Waals surface area contributed by atoms with Crippen LogP contribution in [0.15, 0.2) is 54.6 Å². The Kier molecular flexibility index (Phi) is 38.8. The Labute approximate surface area is 642 Å². The van der Waals surface area contributed by atoms with Gasteiger partial charge in [-0.25, -0.2) is 0 Å². The molecule has 33 nitrogen and oxygen atoms in total. The number of ketones is 2. The van der Waals surface area contributed by atoms with E-state index in [4.69, 9.17) is 35.2 Å². The number of carbonyl (C=O) groups excluding carboxylic acids is 17. The van der Waals surface area contributed by atoms with E-state index in [1.165, 1.54) is 54.6 Å². The third-order valence-corrected chi connectivity index (χ3v) is 18.5. The number of nitrogens with zero attached hydrogens (tertiary/aromatic N) is 3. The Hall–Kier alpha value is -8.43. The number of fused-ring (bicyclic) bond motifs is 3. The number of nitrogens with two attached hydrogens (primary N) is 2. The van der Waals surface area contributed by atoms with Crippen LogP contribution in [0.4, 0.5) is 0 Å². The molecule has 3 fully saturated rings. The summed E-state index contributed by atoms with van der Waals surface area (Å²) in [6.45, 7) is 5.61. The van der Waals surface area contributed by atoms with Crippen LogP contribution in [0.1, 0.15) is 165 Å². The highest BCUT2D eigenvalue weighted by Crippen LogP contribution is 2.36. The summed E-state index contributed by atoms with van der Waals surface area (Å²) in [5.74, 6) is -8.25. The van der Waals surface area contributed by atoms with Crippen molar-refractivity contribution in [3.63, 3.8) is 0 Å². The first-order valence-electron chi connectivity index (χ1n) is 33.9. The van der Waals surface area contributed by atoms with Gasteiger partial charge >= 0.3 is 0 Å². The monoisotopic (exact) mass is 1740 g/mol. The molecular weight excluding hydrogens is 1660 g/mol. The summed E-state index contributed by atoms with van der Waals surface area (Å²) in [6, 6.07) is 9.79. The molecule has 6 aliphatic heterocycles. The zero-order valence-electron chi connectivity index (χ0n) is 57.8. The quantitative estimate of drug-likeness (QED) is 0.0179. The van der Waals surface area contributed by atoms with Gasteiger partial charge in [-0.2, -0.15) is 0 Å². The second-order valence-electron chi connectivity index (χ2n) is 23.8. The minimum absolute atomic E-state index is 0.00253. The molecule has 3 saturated heterocycles. The van der Waals surface area contributed by atoms with Crippen molar-refractivity contribution < 1.29 is 110 Å². The Morgan fingerprint density at radius 3 is 1.08 bits per heavy atom. The summed E-state index contributed by atoms with van der Waals surface area (Å²) in [6.07, 6.45) is 6.32. The molecule has 0 bridgehead atoms. The van der Waals surface area contributed by atoms with Gasteiger partial charge in [-0.05, 0) is 136 Å². The number of benzene rings is 3. The second kappa shape index (κ2) is 46.6. The lowest BCUT2D eigenvalue weighted by molar-refractivity contribution is -0.137. The zero-order chi connectivity index (χ0) is 77.8. The summed E-state index contributed by atoms with van der Waals surface area (Å²) in [7, 11) is 0. The van der Waals surface area contributed by atoms with Crippen molar-refractivity contribution in [1.82, 2.24) is 41.3 Å². The molecule has 3 aromatic rings. The van der Waals surface area contributed by atoms with E-state index >= 15 is 0 Å². The highest BCUT2D eigenvalue weighted by atomic mass is 79.9. The lowest BCUT2D eigenvalue weighted by atomic mass is 10.0. The summed E-state index contributed by atoms with van der Waals surface area (Å²) < 4.78 is 27.4. The fraction of sp³-hybridized carbons (Fsp3) is 0.493. The minimum atomic E-state index is -1.11. The molecule has 3 aromatic carbocycles. The fourth-order valence-electron chi connectivity index (χ4n) is 10.8. The van der Waals surface area contributed by atoms with Crippen LogP contribution in [-0.4, -0.2) is 232 Å². The van der Waals surface area contributed by atoms with Gasteiger partial charge in [0.1, 0.15) is 48.6 Å². The van der Waals surface area contributed by atoms with Gasteiger partial charge in [-0.15, -0.1) is 0 Å². The molecule has 0 saturated carbocycles. The summed E-state index contributed by atoms with van der Waals surface area (Å²) in [4.78, 5) is 206. The van der Waals surface area contributed by atoms with Crippen molar-refractivity contribution in [3.8, 4) is 17.2 Å². The number of alkyl halides is 3. The van der Waals surface area contributed by atoms with E-state index in [-0.39, 0.29) is 143 Å². The number of nitrogens with one attached hydrogen (secondary N) is 5. The lowest BCUT2D eigenvalue weighted by Gasteiger charge is -2.27. The molecule has 106 heavy (non-hydrogen) atoms. The van der Waals surface area contributed by atoms with E-state index in [2.05, 4.69) is 90.3 Å². The van der Waals surface area contributed by atoms with Gasteiger partial charge in [0, 0.05) is 84.8 Å². The standard InChI is InChI=1S/C38H38N4O13.C13H10N2O5.C10H18Br2N2O3.C6H16N2O.C2H2Br2O/c43-21(19-54-27-11-5-9-23-31(27)37(51)41(35(23)49)25-13-15-29(45)39-33(25)47)7-1-3-17-53-18-4-2-8-22(44)20-55-28-12-6-10-24-32(28)38(52)42(36(24)50)26-14-16-30(46)40-34(26)48;16-8-3-1-2-6-10(8)13(20)15(12(6)19)7-4-5-9(17)14-11(7)18;11-7-9(15)13-3-1-5-17-6-2-4-14-10(16)8-12;7-3-1-5-9-6-2-4-8;3-1-2(4)5/h5-6,9-12,25-26H,1-4,7-8,13-20H2,(H,39,45,47)(H,40,46,48);1-3,7,16H,4-5H2,(H,14,17,18);1-8H2,(H,13,15)(H,14,16);1-8H2;1H2. The molecule has 3 atom stereocenters. The third-order valence-electron chi connectivity index (χ3n) is 16.0. The summed E-state index contributed by atoms with van der Waals surface area (Å²) in [5.41, 5.74) is 10.5. The molecule has 0 aromatic heterocycles. The number of ether oxygens (including phenoxy) is 5. The van der Waals surface area contributed by atoms with Crippen molar-refractivity contribution in [3.05, 3.63) is 88.0 Å². The zero-order valence-corrected chi connectivity index (χ0v) is 64.1. The molecule has 14 amide bonds. The van der Waals surface area contributed by atoms with Crippen molar-refractivity contribution >= 4 is 163 Å². The van der Waals surface area contributed by atoms with Crippen molar-refractivity contribution in [2.45, 2.75) is 121 Å². The number of phenols is 1. The molecule has 6 aliphatic rings. The van der Waals surface area contributed by atoms with Crippen molar-refractivity contribution in [2.24, 2.45) is 11.5 Å². The molecule has 0 aliphatic carbocycles. The number of phenolic OH excluding ortho intramolecular Hbond substituents is 1. The number of Topliss-reactive ketones (excluding diaryl/α,β-unsaturated/α-hetero) is 2. The number of aromatic hydroxyl groups is 1. The van der Waals surface area contributed by atoms with Crippen LogP contribution in [0.2, 0.25) is 0 Å². The molecule has 576 valence electrons. The predicted octanol–water partition coefficient (Wildman–Crippen LogP) is 3.04. The topological polar surface area (TPSA) is 478 Å². The lowest BCUT2D eigenvalue weighted by Crippen LogP contribution is -2.54. The van der Waals surface area contributed by atoms with E-state index in [9.17, 15) is 86.6 Å². The first-order chi connectivity index (χ1) is 50.8. The average molecular weight is 1740 g/mol. The highest BCUT2D eigenvalue weighted by Gasteiger charge is 2.49. The first kappa shape index (κ1) is 88.2. The number of unbranched alkanes of at least 4 members (excludes halogenated alkanes) is 2. The Morgan fingerprint density at radius 2 is 0.764 bits per heavy atom. The number of carbonyl (C=O) groups is 17. The maximum Gasteiger partial charge on any atom is 0.266 e. The van der Waals surface area contributed by atoms with Crippen LogP contribution >= 0.6 is 63.7 Å². The molecule has 10 N–H and O–H groups in total. The van der Waals surface area contributed by atoms with Crippen molar-refractivity contribution in [2.75, 3.05) is 95.0 Å². The number of amides is 14. The van der Waals surface area contributed by atoms with Gasteiger partial charge in [-0.3, -0.25) is 112 Å². The highest BCUT2D eigenvalue weighted by molar-refractivity contribution is 9.19. The Morgan fingerprint density at radius 1 is 0.443 bits per heavy atom. The molecule has 6 heterocycles. The number of halogens is 4. The van der Waals surface area contributed by atoms with Gasteiger partial charge in [0.25, 0.3) is 35.4 Å². The fourth-order valence-corrected chi connectivity index (χ4v) is 11.2.